The van der Waals surface area contributed by atoms with Crippen LogP contribution < -0.4 is 10.5 Å². The SMILES string of the molecule is Cc1nc(C)c(C(=O)Nc2cc(F)ccc2S(N)(=O)=O)s1. The lowest BCUT2D eigenvalue weighted by Crippen LogP contribution is -2.18. The third kappa shape index (κ3) is 3.43. The third-order valence-corrected chi connectivity index (χ3v) is 4.65. The molecule has 2 rings (SSSR count). The fourth-order valence-electron chi connectivity index (χ4n) is 1.77. The van der Waals surface area contributed by atoms with Crippen LogP contribution in [0.3, 0.4) is 0 Å². The smallest absolute Gasteiger partial charge is 0.267 e. The van der Waals surface area contributed by atoms with Gasteiger partial charge in [-0.2, -0.15) is 0 Å². The molecule has 9 heteroatoms. The number of amides is 1. The Labute approximate surface area is 124 Å². The first-order valence-electron chi connectivity index (χ1n) is 5.76. The summed E-state index contributed by atoms with van der Waals surface area (Å²) in [4.78, 5) is 16.2. The summed E-state index contributed by atoms with van der Waals surface area (Å²) in [5.41, 5.74) is 0.316. The van der Waals surface area contributed by atoms with E-state index in [2.05, 4.69) is 10.3 Å². The van der Waals surface area contributed by atoms with Crippen LogP contribution in [0.5, 0.6) is 0 Å². The van der Waals surface area contributed by atoms with Gasteiger partial charge in [0.1, 0.15) is 15.6 Å². The van der Waals surface area contributed by atoms with Crippen molar-refractivity contribution in [3.05, 3.63) is 39.6 Å². The van der Waals surface area contributed by atoms with E-state index in [0.717, 1.165) is 29.5 Å². The molecule has 21 heavy (non-hydrogen) atoms. The highest BCUT2D eigenvalue weighted by Crippen LogP contribution is 2.24. The number of carbonyl (C=O) groups is 1. The van der Waals surface area contributed by atoms with Crippen molar-refractivity contribution >= 4 is 33.0 Å². The molecule has 0 unspecified atom stereocenters. The zero-order valence-electron chi connectivity index (χ0n) is 11.2. The minimum absolute atomic E-state index is 0.201. The lowest BCUT2D eigenvalue weighted by Gasteiger charge is -2.09. The number of nitrogens with two attached hydrogens (primary N) is 1. The number of aryl methyl sites for hydroxylation is 2. The fraction of sp³-hybridized carbons (Fsp3) is 0.167. The standard InChI is InChI=1S/C12H12FN3O3S2/c1-6-11(20-7(2)15-6)12(17)16-9-5-8(13)3-4-10(9)21(14,18)19/h3-5H,1-2H3,(H,16,17)(H2,14,18,19). The molecule has 0 aliphatic rings. The summed E-state index contributed by atoms with van der Waals surface area (Å²) in [6.07, 6.45) is 0. The number of primary sulfonamides is 1. The van der Waals surface area contributed by atoms with Crippen LogP contribution in [0.25, 0.3) is 0 Å². The van der Waals surface area contributed by atoms with Crippen molar-refractivity contribution in [2.75, 3.05) is 5.32 Å². The number of sulfonamides is 1. The van der Waals surface area contributed by atoms with Gasteiger partial charge in [0.05, 0.1) is 16.4 Å². The molecule has 1 heterocycles. The van der Waals surface area contributed by atoms with Gasteiger partial charge < -0.3 is 5.32 Å². The number of aromatic nitrogens is 1. The fourth-order valence-corrected chi connectivity index (χ4v) is 3.26. The number of carbonyl (C=O) groups excluding carboxylic acids is 1. The number of halogens is 1. The Morgan fingerprint density at radius 1 is 1.38 bits per heavy atom. The number of rotatable bonds is 3. The van der Waals surface area contributed by atoms with Crippen LogP contribution in [0.15, 0.2) is 23.1 Å². The van der Waals surface area contributed by atoms with Crippen LogP contribution >= 0.6 is 11.3 Å². The zero-order valence-corrected chi connectivity index (χ0v) is 12.8. The molecule has 1 aromatic carbocycles. The van der Waals surface area contributed by atoms with Crippen molar-refractivity contribution in [2.45, 2.75) is 18.7 Å². The number of anilines is 1. The second-order valence-corrected chi connectivity index (χ2v) is 7.02. The first-order chi connectivity index (χ1) is 9.68. The molecule has 112 valence electrons. The first kappa shape index (κ1) is 15.5. The molecule has 2 aromatic rings. The van der Waals surface area contributed by atoms with Crippen molar-refractivity contribution in [2.24, 2.45) is 5.14 Å². The van der Waals surface area contributed by atoms with Gasteiger partial charge in [0, 0.05) is 0 Å². The maximum absolute atomic E-state index is 13.3. The summed E-state index contributed by atoms with van der Waals surface area (Å²) >= 11 is 1.16. The average molecular weight is 329 g/mol. The van der Waals surface area contributed by atoms with Gasteiger partial charge in [-0.3, -0.25) is 4.79 Å². The highest BCUT2D eigenvalue weighted by Gasteiger charge is 2.19. The van der Waals surface area contributed by atoms with Crippen LogP contribution in [0.1, 0.15) is 20.4 Å². The van der Waals surface area contributed by atoms with Gasteiger partial charge in [0.15, 0.2) is 0 Å². The maximum atomic E-state index is 13.3. The molecule has 0 bridgehead atoms. The monoisotopic (exact) mass is 329 g/mol. The molecule has 0 atom stereocenters. The molecular weight excluding hydrogens is 317 g/mol. The molecule has 0 saturated carbocycles. The van der Waals surface area contributed by atoms with Gasteiger partial charge in [-0.05, 0) is 32.0 Å². The molecule has 0 fully saturated rings. The number of benzene rings is 1. The van der Waals surface area contributed by atoms with E-state index in [9.17, 15) is 17.6 Å². The molecule has 6 nitrogen and oxygen atoms in total. The van der Waals surface area contributed by atoms with Crippen LogP contribution in [0, 0.1) is 19.7 Å². The molecule has 0 spiro atoms. The van der Waals surface area contributed by atoms with Crippen molar-refractivity contribution < 1.29 is 17.6 Å². The van der Waals surface area contributed by atoms with E-state index in [1.165, 1.54) is 0 Å². The second kappa shape index (κ2) is 5.51. The number of thiazole rings is 1. The topological polar surface area (TPSA) is 102 Å². The lowest BCUT2D eigenvalue weighted by atomic mass is 10.3. The zero-order chi connectivity index (χ0) is 15.8. The molecule has 1 amide bonds. The Hall–Kier alpha value is -1.84. The summed E-state index contributed by atoms with van der Waals surface area (Å²) in [6, 6.07) is 2.86. The molecular formula is C12H12FN3O3S2. The maximum Gasteiger partial charge on any atom is 0.267 e. The summed E-state index contributed by atoms with van der Waals surface area (Å²) in [5.74, 6) is -1.25. The van der Waals surface area contributed by atoms with Crippen molar-refractivity contribution in [1.82, 2.24) is 4.98 Å². The Kier molecular flexibility index (Phi) is 4.08. The minimum atomic E-state index is -4.08. The first-order valence-corrected chi connectivity index (χ1v) is 8.12. The van der Waals surface area contributed by atoms with E-state index in [1.807, 2.05) is 0 Å². The van der Waals surface area contributed by atoms with E-state index in [1.54, 1.807) is 13.8 Å². The normalized spacial score (nSPS) is 11.4. The van der Waals surface area contributed by atoms with Gasteiger partial charge in [-0.15, -0.1) is 11.3 Å². The summed E-state index contributed by atoms with van der Waals surface area (Å²) in [6.45, 7) is 3.40. The molecule has 0 aliphatic heterocycles. The predicted octanol–water partition coefficient (Wildman–Crippen LogP) is 1.80. The molecule has 0 saturated heterocycles. The predicted molar refractivity (Wildman–Crippen MR) is 77.3 cm³/mol. The van der Waals surface area contributed by atoms with Gasteiger partial charge in [-0.1, -0.05) is 0 Å². The Bertz CT molecular complexity index is 815. The highest BCUT2D eigenvalue weighted by molar-refractivity contribution is 7.89. The summed E-state index contributed by atoms with van der Waals surface area (Å²) in [5, 5.41) is 8.10. The molecule has 0 radical (unpaired) electrons. The average Bonchev–Trinajstić information content (AvgIpc) is 2.67. The van der Waals surface area contributed by atoms with E-state index >= 15 is 0 Å². The van der Waals surface area contributed by atoms with E-state index in [-0.39, 0.29) is 10.6 Å². The molecule has 0 aliphatic carbocycles. The number of hydrogen-bond acceptors (Lipinski definition) is 5. The van der Waals surface area contributed by atoms with Crippen LogP contribution in [0.4, 0.5) is 10.1 Å². The van der Waals surface area contributed by atoms with Gasteiger partial charge >= 0.3 is 0 Å². The van der Waals surface area contributed by atoms with Gasteiger partial charge in [0.2, 0.25) is 10.0 Å². The van der Waals surface area contributed by atoms with E-state index in [0.29, 0.717) is 15.6 Å². The van der Waals surface area contributed by atoms with Gasteiger partial charge in [-0.25, -0.2) is 22.9 Å². The lowest BCUT2D eigenvalue weighted by molar-refractivity contribution is 0.102. The largest absolute Gasteiger partial charge is 0.320 e. The third-order valence-electron chi connectivity index (χ3n) is 2.61. The van der Waals surface area contributed by atoms with Crippen LogP contribution in [-0.4, -0.2) is 19.3 Å². The van der Waals surface area contributed by atoms with Crippen molar-refractivity contribution in [3.63, 3.8) is 0 Å². The quantitative estimate of drug-likeness (QED) is 0.896. The van der Waals surface area contributed by atoms with E-state index < -0.39 is 21.7 Å². The summed E-state index contributed by atoms with van der Waals surface area (Å²) in [7, 11) is -4.08. The number of hydrogen-bond donors (Lipinski definition) is 2. The van der Waals surface area contributed by atoms with Gasteiger partial charge in [0.25, 0.3) is 5.91 Å². The summed E-state index contributed by atoms with van der Waals surface area (Å²) < 4.78 is 36.2. The number of nitrogens with zero attached hydrogens (tertiary/aromatic N) is 1. The second-order valence-electron chi connectivity index (χ2n) is 4.29. The molecule has 3 N–H and O–H groups in total. The molecule has 1 aromatic heterocycles. The van der Waals surface area contributed by atoms with E-state index in [4.69, 9.17) is 5.14 Å². The van der Waals surface area contributed by atoms with Crippen molar-refractivity contribution in [1.29, 1.82) is 0 Å². The van der Waals surface area contributed by atoms with Crippen LogP contribution in [-0.2, 0) is 10.0 Å². The highest BCUT2D eigenvalue weighted by atomic mass is 32.2. The Morgan fingerprint density at radius 2 is 2.05 bits per heavy atom. The number of nitrogens with one attached hydrogen (secondary N) is 1. The Balaban J connectivity index is 2.42. The van der Waals surface area contributed by atoms with Crippen molar-refractivity contribution in [3.8, 4) is 0 Å². The Morgan fingerprint density at radius 3 is 2.57 bits per heavy atom. The van der Waals surface area contributed by atoms with Crippen LogP contribution in [0.2, 0.25) is 0 Å². The minimum Gasteiger partial charge on any atom is -0.320 e.